The number of fused-ring (bicyclic) bond motifs is 1. The largest absolute Gasteiger partial charge is 0.487 e. The highest BCUT2D eigenvalue weighted by Crippen LogP contribution is 2.31. The van der Waals surface area contributed by atoms with Gasteiger partial charge in [0.2, 0.25) is 10.2 Å². The maximum absolute atomic E-state index is 13.3. The summed E-state index contributed by atoms with van der Waals surface area (Å²) in [6, 6.07) is 6.65. The minimum absolute atomic E-state index is 0.0496. The molecule has 2 aromatic carbocycles. The number of carbonyl (C=O) groups excluding carboxylic acids is 1. The molecule has 224 valence electrons. The smallest absolute Gasteiger partial charge is 0.416 e. The number of amides is 1. The van der Waals surface area contributed by atoms with Crippen LogP contribution in [0.1, 0.15) is 49.2 Å². The van der Waals surface area contributed by atoms with E-state index in [1.807, 2.05) is 0 Å². The van der Waals surface area contributed by atoms with Crippen LogP contribution >= 0.6 is 11.3 Å². The number of benzene rings is 2. The second-order valence-electron chi connectivity index (χ2n) is 9.60. The molecular weight excluding hydrogens is 601 g/mol. The molecule has 0 aliphatic heterocycles. The molecule has 0 saturated heterocycles. The zero-order chi connectivity index (χ0) is 30.8. The molecule has 4 aromatic rings. The number of ether oxygens (including phenoxy) is 1. The standard InChI is InChI=1S/C25H25F3N6O6S2/c1-13(2)22(23(37)30-19(10-21(35)36)14-3-5-15(6-4-14)25(26,27)28)34-11-16(32-33-34)12-40-17-7-8-18-20(9-17)41-24(31-18)42(29,38)39/h3-9,11,13,19,22H,10,12H2,1-2H3,(H,30,37)(H,35,36)(H2,29,38,39)/t19-,22-/m0/s1. The predicted octanol–water partition coefficient (Wildman–Crippen LogP) is 3.66. The SMILES string of the molecule is CC(C)[C@@H](C(=O)N[C@@H](CC(=O)O)c1ccc(C(F)(F)F)cc1)n1cc(COc2ccc3nc(S(N)(=O)=O)sc3c2)nn1. The molecule has 2 aromatic heterocycles. The fourth-order valence-corrected chi connectivity index (χ4v) is 5.77. The minimum atomic E-state index is -4.56. The second kappa shape index (κ2) is 12.0. The Morgan fingerprint density at radius 3 is 2.45 bits per heavy atom. The number of nitrogens with zero attached hydrogens (tertiary/aromatic N) is 4. The van der Waals surface area contributed by atoms with Crippen LogP contribution in [-0.4, -0.2) is 45.4 Å². The van der Waals surface area contributed by atoms with E-state index in [-0.39, 0.29) is 22.4 Å². The van der Waals surface area contributed by atoms with Gasteiger partial charge in [0, 0.05) is 0 Å². The Labute approximate surface area is 241 Å². The van der Waals surface area contributed by atoms with Crippen LogP contribution in [0, 0.1) is 5.92 Å². The summed E-state index contributed by atoms with van der Waals surface area (Å²) in [6.07, 6.45) is -3.63. The van der Waals surface area contributed by atoms with Crippen molar-refractivity contribution in [3.63, 3.8) is 0 Å². The lowest BCUT2D eigenvalue weighted by atomic mass is 9.99. The summed E-state index contributed by atoms with van der Waals surface area (Å²) in [5.74, 6) is -1.79. The van der Waals surface area contributed by atoms with Crippen LogP contribution in [-0.2, 0) is 32.4 Å². The van der Waals surface area contributed by atoms with Crippen molar-refractivity contribution in [3.8, 4) is 5.75 Å². The first-order chi connectivity index (χ1) is 19.6. The molecule has 0 spiro atoms. The molecule has 2 heterocycles. The summed E-state index contributed by atoms with van der Waals surface area (Å²) >= 11 is 0.895. The molecule has 1 amide bonds. The highest BCUT2D eigenvalue weighted by atomic mass is 32.2. The number of nitrogens with two attached hydrogens (primary N) is 1. The van der Waals surface area contributed by atoms with E-state index in [1.54, 1.807) is 32.0 Å². The number of rotatable bonds is 11. The lowest BCUT2D eigenvalue weighted by Gasteiger charge is -2.24. The van der Waals surface area contributed by atoms with Gasteiger partial charge in [0.1, 0.15) is 24.1 Å². The Bertz CT molecular complexity index is 1700. The van der Waals surface area contributed by atoms with Gasteiger partial charge in [0.25, 0.3) is 10.0 Å². The topological polar surface area (TPSA) is 179 Å². The van der Waals surface area contributed by atoms with Crippen molar-refractivity contribution in [2.24, 2.45) is 11.1 Å². The number of sulfonamides is 1. The number of aliphatic carboxylic acids is 1. The van der Waals surface area contributed by atoms with Gasteiger partial charge in [-0.15, -0.1) is 16.4 Å². The fourth-order valence-electron chi connectivity index (χ4n) is 4.08. The normalized spacial score (nSPS) is 13.7. The first-order valence-corrected chi connectivity index (χ1v) is 14.6. The van der Waals surface area contributed by atoms with Crippen LogP contribution in [0.5, 0.6) is 5.75 Å². The molecule has 0 fully saturated rings. The summed E-state index contributed by atoms with van der Waals surface area (Å²) in [7, 11) is -3.95. The number of aromatic nitrogens is 4. The summed E-state index contributed by atoms with van der Waals surface area (Å²) in [5.41, 5.74) is 0.0887. The van der Waals surface area contributed by atoms with Crippen molar-refractivity contribution in [1.29, 1.82) is 0 Å². The van der Waals surface area contributed by atoms with Gasteiger partial charge in [0.15, 0.2) is 0 Å². The Morgan fingerprint density at radius 2 is 1.86 bits per heavy atom. The summed E-state index contributed by atoms with van der Waals surface area (Å²) < 4.78 is 69.4. The number of alkyl halides is 3. The van der Waals surface area contributed by atoms with E-state index in [9.17, 15) is 36.3 Å². The molecule has 0 radical (unpaired) electrons. The maximum atomic E-state index is 13.3. The number of hydrogen-bond donors (Lipinski definition) is 3. The minimum Gasteiger partial charge on any atom is -0.487 e. The summed E-state index contributed by atoms with van der Waals surface area (Å²) in [4.78, 5) is 28.7. The van der Waals surface area contributed by atoms with E-state index >= 15 is 0 Å². The van der Waals surface area contributed by atoms with Gasteiger partial charge in [-0.2, -0.15) is 13.2 Å². The Morgan fingerprint density at radius 1 is 1.17 bits per heavy atom. The van der Waals surface area contributed by atoms with E-state index < -0.39 is 52.1 Å². The van der Waals surface area contributed by atoms with Crippen LogP contribution in [0.2, 0.25) is 0 Å². The molecule has 4 rings (SSSR count). The van der Waals surface area contributed by atoms with Gasteiger partial charge in [0.05, 0.1) is 34.4 Å². The van der Waals surface area contributed by atoms with Crippen molar-refractivity contribution in [3.05, 3.63) is 65.5 Å². The van der Waals surface area contributed by atoms with Crippen LogP contribution < -0.4 is 15.2 Å². The Kier molecular flexibility index (Phi) is 8.84. The first kappa shape index (κ1) is 30.9. The molecular formula is C25H25F3N6O6S2. The van der Waals surface area contributed by atoms with E-state index in [4.69, 9.17) is 9.88 Å². The zero-order valence-corrected chi connectivity index (χ0v) is 23.7. The van der Waals surface area contributed by atoms with Gasteiger partial charge in [-0.1, -0.05) is 31.2 Å². The van der Waals surface area contributed by atoms with Crippen molar-refractivity contribution < 1.29 is 41.0 Å². The molecule has 0 unspecified atom stereocenters. The van der Waals surface area contributed by atoms with Crippen LogP contribution in [0.15, 0.2) is 53.0 Å². The number of halogens is 3. The van der Waals surface area contributed by atoms with E-state index in [1.165, 1.54) is 10.9 Å². The average molecular weight is 627 g/mol. The number of thiazole rings is 1. The number of carboxylic acid groups (broad SMARTS) is 1. The van der Waals surface area contributed by atoms with E-state index in [0.29, 0.717) is 21.7 Å². The number of carboxylic acids is 1. The third kappa shape index (κ3) is 7.40. The molecule has 0 bridgehead atoms. The first-order valence-electron chi connectivity index (χ1n) is 12.3. The van der Waals surface area contributed by atoms with Crippen LogP contribution in [0.25, 0.3) is 10.2 Å². The Hall–Kier alpha value is -4.09. The van der Waals surface area contributed by atoms with Gasteiger partial charge >= 0.3 is 12.1 Å². The molecule has 17 heteroatoms. The number of hydrogen-bond acceptors (Lipinski definition) is 9. The lowest BCUT2D eigenvalue weighted by Crippen LogP contribution is -2.38. The highest BCUT2D eigenvalue weighted by Gasteiger charge is 2.32. The van der Waals surface area contributed by atoms with Crippen molar-refractivity contribution in [1.82, 2.24) is 25.3 Å². The summed E-state index contributed by atoms with van der Waals surface area (Å²) in [6.45, 7) is 3.44. The number of primary sulfonamides is 1. The highest BCUT2D eigenvalue weighted by molar-refractivity contribution is 7.91. The zero-order valence-electron chi connectivity index (χ0n) is 22.1. The predicted molar refractivity (Wildman–Crippen MR) is 144 cm³/mol. The van der Waals surface area contributed by atoms with Gasteiger partial charge in [-0.3, -0.25) is 9.59 Å². The van der Waals surface area contributed by atoms with Gasteiger partial charge < -0.3 is 15.2 Å². The van der Waals surface area contributed by atoms with Crippen molar-refractivity contribution in [2.45, 2.75) is 49.5 Å². The van der Waals surface area contributed by atoms with E-state index in [2.05, 4.69) is 20.6 Å². The molecule has 0 aliphatic rings. The number of nitrogens with one attached hydrogen (secondary N) is 1. The molecule has 42 heavy (non-hydrogen) atoms. The van der Waals surface area contributed by atoms with Crippen molar-refractivity contribution >= 4 is 43.5 Å². The monoisotopic (exact) mass is 626 g/mol. The van der Waals surface area contributed by atoms with E-state index in [0.717, 1.165) is 35.6 Å². The van der Waals surface area contributed by atoms with Gasteiger partial charge in [-0.05, 0) is 41.8 Å². The lowest BCUT2D eigenvalue weighted by molar-refractivity contribution is -0.139. The third-order valence-electron chi connectivity index (χ3n) is 6.05. The molecule has 12 nitrogen and oxygen atoms in total. The second-order valence-corrected chi connectivity index (χ2v) is 12.4. The van der Waals surface area contributed by atoms with Crippen LogP contribution in [0.4, 0.5) is 13.2 Å². The van der Waals surface area contributed by atoms with Gasteiger partial charge in [-0.25, -0.2) is 23.2 Å². The molecule has 2 atom stereocenters. The maximum Gasteiger partial charge on any atom is 0.416 e. The van der Waals surface area contributed by atoms with Crippen molar-refractivity contribution in [2.75, 3.05) is 0 Å². The summed E-state index contributed by atoms with van der Waals surface area (Å²) in [5, 5.41) is 25.2. The third-order valence-corrected chi connectivity index (χ3v) is 8.39. The molecule has 0 aliphatic carbocycles. The molecule has 4 N–H and O–H groups in total. The van der Waals surface area contributed by atoms with Crippen LogP contribution in [0.3, 0.4) is 0 Å². The molecule has 0 saturated carbocycles. The quantitative estimate of drug-likeness (QED) is 0.224. The fraction of sp³-hybridized carbons (Fsp3) is 0.320. The number of carbonyl (C=O) groups is 2. The Balaban J connectivity index is 1.47. The average Bonchev–Trinajstić information content (AvgIpc) is 3.53.